The van der Waals surface area contributed by atoms with Crippen molar-refractivity contribution in [3.63, 3.8) is 0 Å². The lowest BCUT2D eigenvalue weighted by molar-refractivity contribution is 0.402. The highest BCUT2D eigenvalue weighted by atomic mass is 15.1. The monoisotopic (exact) mass is 388 g/mol. The first kappa shape index (κ1) is 19.5. The number of nitrogens with two attached hydrogens (primary N) is 1. The summed E-state index contributed by atoms with van der Waals surface area (Å²) >= 11 is 0. The number of imidazole rings is 1. The Labute approximate surface area is 171 Å². The van der Waals surface area contributed by atoms with Gasteiger partial charge in [-0.05, 0) is 69.6 Å². The predicted octanol–water partition coefficient (Wildman–Crippen LogP) is 3.83. The van der Waals surface area contributed by atoms with E-state index < -0.39 is 0 Å². The van der Waals surface area contributed by atoms with E-state index in [1.807, 2.05) is 6.07 Å². The topological polar surface area (TPSA) is 72.3 Å². The van der Waals surface area contributed by atoms with E-state index in [1.54, 1.807) is 6.20 Å². The summed E-state index contributed by atoms with van der Waals surface area (Å²) in [5.41, 5.74) is 13.5. The Hall–Kier alpha value is -2.83. The zero-order valence-electron chi connectivity index (χ0n) is 17.4. The highest BCUT2D eigenvalue weighted by Gasteiger charge is 2.20. The molecule has 6 heteroatoms. The van der Waals surface area contributed by atoms with Crippen LogP contribution in [0.15, 0.2) is 48.3 Å². The molecule has 0 fully saturated rings. The lowest BCUT2D eigenvalue weighted by atomic mass is 10.0. The number of hydrogen-bond donors (Lipinski definition) is 1. The Bertz CT molecular complexity index is 1090. The van der Waals surface area contributed by atoms with E-state index in [9.17, 15) is 0 Å². The highest BCUT2D eigenvalue weighted by molar-refractivity contribution is 5.80. The first-order valence-corrected chi connectivity index (χ1v) is 10.1. The predicted molar refractivity (Wildman–Crippen MR) is 117 cm³/mol. The summed E-state index contributed by atoms with van der Waals surface area (Å²) in [5.74, 6) is 0.637. The average molecular weight is 389 g/mol. The number of aromatic nitrogens is 4. The van der Waals surface area contributed by atoms with Crippen LogP contribution >= 0.6 is 0 Å². The van der Waals surface area contributed by atoms with Crippen LogP contribution in [0, 0.1) is 0 Å². The van der Waals surface area contributed by atoms with Gasteiger partial charge in [0.15, 0.2) is 0 Å². The second-order valence-corrected chi connectivity index (χ2v) is 7.93. The maximum atomic E-state index is 5.80. The summed E-state index contributed by atoms with van der Waals surface area (Å²) in [5, 5.41) is 0. The van der Waals surface area contributed by atoms with Crippen molar-refractivity contribution in [3.05, 3.63) is 65.4 Å². The first-order valence-electron chi connectivity index (χ1n) is 10.1. The van der Waals surface area contributed by atoms with Crippen molar-refractivity contribution in [3.8, 4) is 11.4 Å². The van der Waals surface area contributed by atoms with Gasteiger partial charge in [-0.3, -0.25) is 4.40 Å². The zero-order chi connectivity index (χ0) is 20.4. The van der Waals surface area contributed by atoms with E-state index in [0.717, 1.165) is 48.5 Å². The van der Waals surface area contributed by atoms with Gasteiger partial charge in [-0.1, -0.05) is 17.7 Å². The lowest BCUT2D eigenvalue weighted by Crippen LogP contribution is -2.10. The Morgan fingerprint density at radius 1 is 1.14 bits per heavy atom. The van der Waals surface area contributed by atoms with Crippen LogP contribution in [-0.4, -0.2) is 38.3 Å². The molecule has 0 saturated heterocycles. The number of allylic oxidation sites excluding steroid dienone is 4. The van der Waals surface area contributed by atoms with Gasteiger partial charge < -0.3 is 10.6 Å². The molecule has 0 spiro atoms. The maximum Gasteiger partial charge on any atom is 0.142 e. The van der Waals surface area contributed by atoms with Crippen LogP contribution in [0.25, 0.3) is 22.6 Å². The molecule has 0 atom stereocenters. The van der Waals surface area contributed by atoms with Gasteiger partial charge in [0.2, 0.25) is 0 Å². The quantitative estimate of drug-likeness (QED) is 0.719. The normalized spacial score (nSPS) is 14.8. The molecule has 0 bridgehead atoms. The minimum absolute atomic E-state index is 0.317. The average Bonchev–Trinajstić information content (AvgIpc) is 2.94. The summed E-state index contributed by atoms with van der Waals surface area (Å²) in [6, 6.07) is 6.26. The molecule has 3 heterocycles. The summed E-state index contributed by atoms with van der Waals surface area (Å²) in [7, 11) is 4.15. The third-order valence-electron chi connectivity index (χ3n) is 5.21. The van der Waals surface area contributed by atoms with Gasteiger partial charge >= 0.3 is 0 Å². The summed E-state index contributed by atoms with van der Waals surface area (Å²) in [6.07, 6.45) is 11.6. The lowest BCUT2D eigenvalue weighted by Gasteiger charge is -2.10. The van der Waals surface area contributed by atoms with Crippen LogP contribution in [-0.2, 0) is 13.1 Å². The van der Waals surface area contributed by atoms with Crippen molar-refractivity contribution in [1.29, 1.82) is 0 Å². The molecule has 2 N–H and O–H groups in total. The number of nitrogens with zero attached hydrogens (tertiary/aromatic N) is 5. The smallest absolute Gasteiger partial charge is 0.142 e. The van der Waals surface area contributed by atoms with E-state index in [2.05, 4.69) is 65.8 Å². The zero-order valence-corrected chi connectivity index (χ0v) is 17.4. The third-order valence-corrected chi connectivity index (χ3v) is 5.21. The van der Waals surface area contributed by atoms with E-state index in [1.165, 1.54) is 16.7 Å². The molecular formula is C23H28N6. The van der Waals surface area contributed by atoms with Gasteiger partial charge in [-0.25, -0.2) is 15.0 Å². The van der Waals surface area contributed by atoms with E-state index in [0.29, 0.717) is 12.4 Å². The first-order chi connectivity index (χ1) is 14.0. The molecule has 0 unspecified atom stereocenters. The van der Waals surface area contributed by atoms with Crippen molar-refractivity contribution in [2.24, 2.45) is 5.73 Å². The Morgan fingerprint density at radius 2 is 2.00 bits per heavy atom. The van der Waals surface area contributed by atoms with Crippen molar-refractivity contribution in [1.82, 2.24) is 24.3 Å². The van der Waals surface area contributed by atoms with Gasteiger partial charge in [-0.15, -0.1) is 0 Å². The fraction of sp³-hybridized carbons (Fsp3) is 0.348. The van der Waals surface area contributed by atoms with Crippen LogP contribution < -0.4 is 5.73 Å². The Balaban J connectivity index is 1.92. The molecular weight excluding hydrogens is 360 g/mol. The molecule has 0 saturated carbocycles. The Kier molecular flexibility index (Phi) is 5.56. The minimum Gasteiger partial charge on any atom is -0.324 e. The van der Waals surface area contributed by atoms with Crippen LogP contribution in [0.1, 0.15) is 43.3 Å². The maximum absolute atomic E-state index is 5.80. The van der Waals surface area contributed by atoms with Crippen LogP contribution in [0.4, 0.5) is 0 Å². The number of pyridine rings is 1. The molecule has 3 aromatic heterocycles. The molecule has 4 rings (SSSR count). The standard InChI is InChI=1S/C23H28N6/c1-16-5-4-6-18(8-7-16)22-23(19-9-11-25-20(14-24)26-19)29-12-10-17(15-28(2)3)13-21(29)27-22/h7-13H,4-6,14-15,24H2,1-3H3. The molecule has 6 nitrogen and oxygen atoms in total. The van der Waals surface area contributed by atoms with Gasteiger partial charge in [0.25, 0.3) is 0 Å². The SMILES string of the molecule is CC1=CC=C(c2nc3cc(CN(C)C)ccn3c2-c2ccnc(CN)n2)CCC1. The van der Waals surface area contributed by atoms with E-state index in [4.69, 9.17) is 15.7 Å². The number of rotatable bonds is 5. The van der Waals surface area contributed by atoms with Gasteiger partial charge in [0.05, 0.1) is 23.6 Å². The third kappa shape index (κ3) is 4.13. The van der Waals surface area contributed by atoms with Crippen molar-refractivity contribution in [2.45, 2.75) is 39.3 Å². The molecule has 0 aliphatic heterocycles. The Morgan fingerprint density at radius 3 is 2.79 bits per heavy atom. The van der Waals surface area contributed by atoms with Crippen LogP contribution in [0.2, 0.25) is 0 Å². The summed E-state index contributed by atoms with van der Waals surface area (Å²) in [6.45, 7) is 3.39. The van der Waals surface area contributed by atoms with Gasteiger partial charge in [0.1, 0.15) is 11.5 Å². The fourth-order valence-corrected chi connectivity index (χ4v) is 3.81. The van der Waals surface area contributed by atoms with Crippen LogP contribution in [0.5, 0.6) is 0 Å². The second kappa shape index (κ2) is 8.27. The van der Waals surface area contributed by atoms with Crippen LogP contribution in [0.3, 0.4) is 0 Å². The number of hydrogen-bond acceptors (Lipinski definition) is 5. The molecule has 3 aromatic rings. The molecule has 29 heavy (non-hydrogen) atoms. The fourth-order valence-electron chi connectivity index (χ4n) is 3.81. The molecule has 0 aromatic carbocycles. The summed E-state index contributed by atoms with van der Waals surface area (Å²) < 4.78 is 2.14. The van der Waals surface area contributed by atoms with Crippen molar-refractivity contribution < 1.29 is 0 Å². The van der Waals surface area contributed by atoms with Gasteiger partial charge in [0, 0.05) is 18.9 Å². The molecule has 150 valence electrons. The van der Waals surface area contributed by atoms with Crippen molar-refractivity contribution in [2.75, 3.05) is 14.1 Å². The molecule has 0 radical (unpaired) electrons. The molecule has 0 amide bonds. The molecule has 1 aliphatic rings. The van der Waals surface area contributed by atoms with E-state index in [-0.39, 0.29) is 0 Å². The van der Waals surface area contributed by atoms with E-state index >= 15 is 0 Å². The molecule has 1 aliphatic carbocycles. The van der Waals surface area contributed by atoms with Gasteiger partial charge in [-0.2, -0.15) is 0 Å². The largest absolute Gasteiger partial charge is 0.324 e. The second-order valence-electron chi connectivity index (χ2n) is 7.93. The summed E-state index contributed by atoms with van der Waals surface area (Å²) in [4.78, 5) is 16.2. The number of fused-ring (bicyclic) bond motifs is 1. The highest BCUT2D eigenvalue weighted by Crippen LogP contribution is 2.33. The minimum atomic E-state index is 0.317. The van der Waals surface area contributed by atoms with Crippen molar-refractivity contribution >= 4 is 11.2 Å².